The second-order valence-electron chi connectivity index (χ2n) is 5.84. The number of piperidine rings is 1. The molecule has 0 atom stereocenters. The van der Waals surface area contributed by atoms with Crippen LogP contribution in [0.4, 0.5) is 5.69 Å². The van der Waals surface area contributed by atoms with Crippen LogP contribution in [0.5, 0.6) is 0 Å². The molecule has 0 unspecified atom stereocenters. The summed E-state index contributed by atoms with van der Waals surface area (Å²) in [5.74, 6) is 0.327. The SMILES string of the molecule is CC(C)c1ccc(N2CCC3(CC2)OCCO3)cc1. The molecule has 2 saturated heterocycles. The maximum absolute atomic E-state index is 5.77. The predicted octanol–water partition coefficient (Wildman–Crippen LogP) is 3.15. The third-order valence-electron chi connectivity index (χ3n) is 4.26. The van der Waals surface area contributed by atoms with Gasteiger partial charge in [-0.3, -0.25) is 0 Å². The molecule has 19 heavy (non-hydrogen) atoms. The average Bonchev–Trinajstić information content (AvgIpc) is 2.88. The third kappa shape index (κ3) is 2.63. The van der Waals surface area contributed by atoms with Gasteiger partial charge in [-0.2, -0.15) is 0 Å². The van der Waals surface area contributed by atoms with Gasteiger partial charge in [-0.1, -0.05) is 26.0 Å². The van der Waals surface area contributed by atoms with E-state index in [4.69, 9.17) is 9.47 Å². The Bertz CT molecular complexity index is 411. The van der Waals surface area contributed by atoms with E-state index in [1.54, 1.807) is 0 Å². The number of anilines is 1. The van der Waals surface area contributed by atoms with Crippen molar-refractivity contribution in [3.8, 4) is 0 Å². The first-order chi connectivity index (χ1) is 9.19. The summed E-state index contributed by atoms with van der Waals surface area (Å²) in [5.41, 5.74) is 2.72. The molecule has 0 saturated carbocycles. The molecule has 2 aliphatic heterocycles. The van der Waals surface area contributed by atoms with Crippen molar-refractivity contribution in [1.82, 2.24) is 0 Å². The minimum atomic E-state index is -0.269. The lowest BCUT2D eigenvalue weighted by atomic mass is 10.0. The van der Waals surface area contributed by atoms with E-state index >= 15 is 0 Å². The van der Waals surface area contributed by atoms with Crippen LogP contribution < -0.4 is 4.90 Å². The highest BCUT2D eigenvalue weighted by Gasteiger charge is 2.39. The standard InChI is InChI=1S/C16H23NO2/c1-13(2)14-3-5-15(6-4-14)17-9-7-16(8-10-17)18-11-12-19-16/h3-6,13H,7-12H2,1-2H3. The van der Waals surface area contributed by atoms with Crippen LogP contribution in [0.15, 0.2) is 24.3 Å². The summed E-state index contributed by atoms with van der Waals surface area (Å²) in [5, 5.41) is 0. The van der Waals surface area contributed by atoms with Crippen LogP contribution in [0.3, 0.4) is 0 Å². The van der Waals surface area contributed by atoms with Crippen molar-refractivity contribution in [3.63, 3.8) is 0 Å². The Morgan fingerprint density at radius 2 is 1.58 bits per heavy atom. The molecule has 104 valence electrons. The summed E-state index contributed by atoms with van der Waals surface area (Å²) in [6.45, 7) is 8.00. The van der Waals surface area contributed by atoms with Gasteiger partial charge in [0.25, 0.3) is 0 Å². The number of hydrogen-bond donors (Lipinski definition) is 0. The number of hydrogen-bond acceptors (Lipinski definition) is 3. The van der Waals surface area contributed by atoms with Gasteiger partial charge in [-0.25, -0.2) is 0 Å². The third-order valence-corrected chi connectivity index (χ3v) is 4.26. The summed E-state index contributed by atoms with van der Waals surface area (Å²) in [6.07, 6.45) is 1.94. The normalized spacial score (nSPS) is 22.4. The van der Waals surface area contributed by atoms with Crippen molar-refractivity contribution in [2.75, 3.05) is 31.2 Å². The van der Waals surface area contributed by atoms with Crippen LogP contribution in [0, 0.1) is 0 Å². The number of rotatable bonds is 2. The number of benzene rings is 1. The molecule has 3 nitrogen and oxygen atoms in total. The lowest BCUT2D eigenvalue weighted by molar-refractivity contribution is -0.169. The highest BCUT2D eigenvalue weighted by Crippen LogP contribution is 2.33. The second kappa shape index (κ2) is 5.14. The van der Waals surface area contributed by atoms with Crippen LogP contribution in [0.25, 0.3) is 0 Å². The largest absolute Gasteiger partial charge is 0.371 e. The van der Waals surface area contributed by atoms with E-state index in [1.807, 2.05) is 0 Å². The van der Waals surface area contributed by atoms with Gasteiger partial charge in [0.15, 0.2) is 5.79 Å². The molecular formula is C16H23NO2. The highest BCUT2D eigenvalue weighted by molar-refractivity contribution is 5.48. The van der Waals surface area contributed by atoms with E-state index in [0.29, 0.717) is 5.92 Å². The summed E-state index contributed by atoms with van der Waals surface area (Å²) in [6, 6.07) is 8.97. The predicted molar refractivity (Wildman–Crippen MR) is 76.6 cm³/mol. The molecule has 2 heterocycles. The first-order valence-electron chi connectivity index (χ1n) is 7.31. The first kappa shape index (κ1) is 12.9. The molecule has 1 spiro atoms. The Kier molecular flexibility index (Phi) is 3.50. The molecule has 3 rings (SSSR count). The summed E-state index contributed by atoms with van der Waals surface area (Å²) < 4.78 is 11.5. The van der Waals surface area contributed by atoms with Crippen molar-refractivity contribution >= 4 is 5.69 Å². The quantitative estimate of drug-likeness (QED) is 0.816. The van der Waals surface area contributed by atoms with Gasteiger partial charge in [0, 0.05) is 31.6 Å². The minimum absolute atomic E-state index is 0.269. The summed E-state index contributed by atoms with van der Waals surface area (Å²) in [4.78, 5) is 2.43. The van der Waals surface area contributed by atoms with Crippen LogP contribution in [0.2, 0.25) is 0 Å². The Morgan fingerprint density at radius 1 is 1.00 bits per heavy atom. The topological polar surface area (TPSA) is 21.7 Å². The Morgan fingerprint density at radius 3 is 2.11 bits per heavy atom. The van der Waals surface area contributed by atoms with E-state index < -0.39 is 0 Å². The lowest BCUT2D eigenvalue weighted by Gasteiger charge is -2.38. The maximum Gasteiger partial charge on any atom is 0.171 e. The summed E-state index contributed by atoms with van der Waals surface area (Å²) >= 11 is 0. The molecule has 0 radical (unpaired) electrons. The van der Waals surface area contributed by atoms with Crippen LogP contribution in [-0.2, 0) is 9.47 Å². The molecule has 0 amide bonds. The first-order valence-corrected chi connectivity index (χ1v) is 7.31. The van der Waals surface area contributed by atoms with Gasteiger partial charge in [0.05, 0.1) is 13.2 Å². The fourth-order valence-electron chi connectivity index (χ4n) is 2.96. The monoisotopic (exact) mass is 261 g/mol. The smallest absolute Gasteiger partial charge is 0.171 e. The van der Waals surface area contributed by atoms with E-state index in [0.717, 1.165) is 39.1 Å². The van der Waals surface area contributed by atoms with Crippen LogP contribution in [-0.4, -0.2) is 32.1 Å². The fraction of sp³-hybridized carbons (Fsp3) is 0.625. The van der Waals surface area contributed by atoms with Crippen molar-refractivity contribution in [3.05, 3.63) is 29.8 Å². The lowest BCUT2D eigenvalue weighted by Crippen LogP contribution is -2.45. The highest BCUT2D eigenvalue weighted by atomic mass is 16.7. The van der Waals surface area contributed by atoms with E-state index in [2.05, 4.69) is 43.0 Å². The average molecular weight is 261 g/mol. The Balaban J connectivity index is 1.64. The van der Waals surface area contributed by atoms with Gasteiger partial charge < -0.3 is 14.4 Å². The van der Waals surface area contributed by atoms with Gasteiger partial charge in [0.2, 0.25) is 0 Å². The van der Waals surface area contributed by atoms with Gasteiger partial charge in [-0.05, 0) is 23.6 Å². The fourth-order valence-corrected chi connectivity index (χ4v) is 2.96. The van der Waals surface area contributed by atoms with Crippen molar-refractivity contribution in [2.45, 2.75) is 38.4 Å². The molecule has 1 aromatic rings. The molecule has 0 bridgehead atoms. The Labute approximate surface area is 115 Å². The van der Waals surface area contributed by atoms with Crippen molar-refractivity contribution in [1.29, 1.82) is 0 Å². The van der Waals surface area contributed by atoms with Gasteiger partial charge >= 0.3 is 0 Å². The molecular weight excluding hydrogens is 238 g/mol. The van der Waals surface area contributed by atoms with Gasteiger partial charge in [0.1, 0.15) is 0 Å². The zero-order valence-corrected chi connectivity index (χ0v) is 11.9. The van der Waals surface area contributed by atoms with E-state index in [-0.39, 0.29) is 5.79 Å². The zero-order chi connectivity index (χ0) is 13.3. The maximum atomic E-state index is 5.77. The number of nitrogens with zero attached hydrogens (tertiary/aromatic N) is 1. The Hall–Kier alpha value is -1.06. The molecule has 2 aliphatic rings. The molecule has 1 aromatic carbocycles. The molecule has 3 heteroatoms. The van der Waals surface area contributed by atoms with Crippen molar-refractivity contribution < 1.29 is 9.47 Å². The van der Waals surface area contributed by atoms with Crippen molar-refractivity contribution in [2.24, 2.45) is 0 Å². The van der Waals surface area contributed by atoms with Gasteiger partial charge in [-0.15, -0.1) is 0 Å². The van der Waals surface area contributed by atoms with Crippen LogP contribution >= 0.6 is 0 Å². The molecule has 0 aromatic heterocycles. The number of ether oxygens (including phenoxy) is 2. The summed E-state index contributed by atoms with van der Waals surface area (Å²) in [7, 11) is 0. The molecule has 0 aliphatic carbocycles. The van der Waals surface area contributed by atoms with Crippen LogP contribution in [0.1, 0.15) is 38.2 Å². The van der Waals surface area contributed by atoms with E-state index in [1.165, 1.54) is 11.3 Å². The minimum Gasteiger partial charge on any atom is -0.371 e. The molecule has 2 fully saturated rings. The second-order valence-corrected chi connectivity index (χ2v) is 5.84. The zero-order valence-electron chi connectivity index (χ0n) is 11.9. The van der Waals surface area contributed by atoms with E-state index in [9.17, 15) is 0 Å². The molecule has 0 N–H and O–H groups in total.